The molecule has 0 bridgehead atoms. The highest BCUT2D eigenvalue weighted by Gasteiger charge is 2.18. The zero-order chi connectivity index (χ0) is 20.8. The molecule has 0 fully saturated rings. The first kappa shape index (κ1) is 18.1. The Kier molecular flexibility index (Phi) is 4.10. The van der Waals surface area contributed by atoms with Crippen molar-refractivity contribution in [2.75, 3.05) is 5.73 Å². The molecule has 3 heterocycles. The average molecular weight is 399 g/mol. The number of anilines is 1. The number of nitrogens with two attached hydrogens (primary N) is 1. The normalized spacial score (nSPS) is 11.4. The summed E-state index contributed by atoms with van der Waals surface area (Å²) in [7, 11) is 1.68. The van der Waals surface area contributed by atoms with Gasteiger partial charge in [-0.2, -0.15) is 0 Å². The van der Waals surface area contributed by atoms with Crippen LogP contribution in [0.25, 0.3) is 27.7 Å². The van der Waals surface area contributed by atoms with Gasteiger partial charge in [-0.1, -0.05) is 36.4 Å². The summed E-state index contributed by atoms with van der Waals surface area (Å²) in [5.74, 6) is -0.304. The van der Waals surface area contributed by atoms with Crippen LogP contribution in [0.15, 0.2) is 71.8 Å². The lowest BCUT2D eigenvalue weighted by Crippen LogP contribution is -2.14. The Morgan fingerprint density at radius 1 is 1.00 bits per heavy atom. The third-order valence-electron chi connectivity index (χ3n) is 5.21. The molecule has 30 heavy (non-hydrogen) atoms. The maximum atomic E-state index is 14.7. The number of hydrogen-bond acceptors (Lipinski definition) is 4. The molecule has 5 rings (SSSR count). The second-order valence-electron chi connectivity index (χ2n) is 7.24. The SMILES string of the molecule is Cn1cc(-c2ccc(F)c3nc(N)n4cc(Cc5ccccc5)nc4c23)ccc1=O. The highest BCUT2D eigenvalue weighted by atomic mass is 19.1. The summed E-state index contributed by atoms with van der Waals surface area (Å²) in [6.07, 6.45) is 4.17. The van der Waals surface area contributed by atoms with Gasteiger partial charge < -0.3 is 10.3 Å². The van der Waals surface area contributed by atoms with Crippen molar-refractivity contribution in [3.63, 3.8) is 0 Å². The number of nitrogen functional groups attached to an aromatic ring is 1. The van der Waals surface area contributed by atoms with Crippen LogP contribution in [0.5, 0.6) is 0 Å². The molecule has 0 radical (unpaired) electrons. The first-order chi connectivity index (χ1) is 14.5. The van der Waals surface area contributed by atoms with Crippen LogP contribution in [-0.2, 0) is 13.5 Å². The zero-order valence-corrected chi connectivity index (χ0v) is 16.2. The molecule has 0 saturated heterocycles. The third-order valence-corrected chi connectivity index (χ3v) is 5.21. The largest absolute Gasteiger partial charge is 0.369 e. The summed E-state index contributed by atoms with van der Waals surface area (Å²) in [5.41, 5.74) is 10.1. The predicted octanol–water partition coefficient (Wildman–Crippen LogP) is 3.56. The molecule has 0 aliphatic carbocycles. The summed E-state index contributed by atoms with van der Waals surface area (Å²) >= 11 is 0. The quantitative estimate of drug-likeness (QED) is 0.503. The van der Waals surface area contributed by atoms with Gasteiger partial charge >= 0.3 is 0 Å². The molecular formula is C23H18FN5O. The van der Waals surface area contributed by atoms with Crippen LogP contribution in [-0.4, -0.2) is 18.9 Å². The minimum Gasteiger partial charge on any atom is -0.369 e. The minimum atomic E-state index is -0.472. The fraction of sp³-hybridized carbons (Fsp3) is 0.0870. The van der Waals surface area contributed by atoms with Crippen molar-refractivity contribution in [3.8, 4) is 11.1 Å². The van der Waals surface area contributed by atoms with Crippen molar-refractivity contribution < 1.29 is 4.39 Å². The van der Waals surface area contributed by atoms with Crippen LogP contribution in [0.2, 0.25) is 0 Å². The molecular weight excluding hydrogens is 381 g/mol. The molecule has 0 saturated carbocycles. The van der Waals surface area contributed by atoms with E-state index in [0.717, 1.165) is 22.4 Å². The molecule has 148 valence electrons. The number of hydrogen-bond donors (Lipinski definition) is 1. The van der Waals surface area contributed by atoms with Crippen LogP contribution < -0.4 is 11.3 Å². The smallest absolute Gasteiger partial charge is 0.250 e. The Morgan fingerprint density at radius 3 is 2.57 bits per heavy atom. The Bertz CT molecular complexity index is 1470. The first-order valence-electron chi connectivity index (χ1n) is 9.48. The topological polar surface area (TPSA) is 78.2 Å². The molecule has 0 spiro atoms. The highest BCUT2D eigenvalue weighted by molar-refractivity contribution is 6.04. The minimum absolute atomic E-state index is 0.122. The first-order valence-corrected chi connectivity index (χ1v) is 9.48. The van der Waals surface area contributed by atoms with Crippen LogP contribution in [0.4, 0.5) is 10.3 Å². The van der Waals surface area contributed by atoms with E-state index in [0.29, 0.717) is 17.5 Å². The number of imidazole rings is 1. The van der Waals surface area contributed by atoms with E-state index in [1.807, 2.05) is 36.5 Å². The monoisotopic (exact) mass is 399 g/mol. The number of halogens is 1. The van der Waals surface area contributed by atoms with Crippen LogP contribution in [0, 0.1) is 5.82 Å². The van der Waals surface area contributed by atoms with E-state index < -0.39 is 5.82 Å². The number of fused-ring (bicyclic) bond motifs is 3. The number of aryl methyl sites for hydroxylation is 1. The van der Waals surface area contributed by atoms with E-state index in [-0.39, 0.29) is 17.0 Å². The molecule has 6 nitrogen and oxygen atoms in total. The van der Waals surface area contributed by atoms with Gasteiger partial charge in [-0.05, 0) is 28.8 Å². The highest BCUT2D eigenvalue weighted by Crippen LogP contribution is 2.33. The Morgan fingerprint density at radius 2 is 1.80 bits per heavy atom. The van der Waals surface area contributed by atoms with E-state index in [4.69, 9.17) is 10.7 Å². The van der Waals surface area contributed by atoms with Crippen molar-refractivity contribution >= 4 is 22.5 Å². The van der Waals surface area contributed by atoms with Gasteiger partial charge in [-0.25, -0.2) is 14.4 Å². The second-order valence-corrected chi connectivity index (χ2v) is 7.24. The van der Waals surface area contributed by atoms with Crippen molar-refractivity contribution in [2.45, 2.75) is 6.42 Å². The number of aromatic nitrogens is 4. The van der Waals surface area contributed by atoms with E-state index in [1.165, 1.54) is 16.7 Å². The molecule has 0 atom stereocenters. The summed E-state index contributed by atoms with van der Waals surface area (Å²) in [6.45, 7) is 0. The molecule has 5 aromatic rings. The van der Waals surface area contributed by atoms with Crippen molar-refractivity contribution in [1.82, 2.24) is 18.9 Å². The van der Waals surface area contributed by atoms with Gasteiger partial charge in [-0.3, -0.25) is 9.20 Å². The van der Waals surface area contributed by atoms with Crippen molar-refractivity contribution in [3.05, 3.63) is 94.4 Å². The van der Waals surface area contributed by atoms with Crippen LogP contribution in [0.3, 0.4) is 0 Å². The Balaban J connectivity index is 1.79. The number of nitrogens with zero attached hydrogens (tertiary/aromatic N) is 4. The van der Waals surface area contributed by atoms with Crippen LogP contribution in [0.1, 0.15) is 11.3 Å². The standard InChI is InChI=1S/C23H18FN5O/c1-28-12-15(7-10-19(28)30)17-8-9-18(24)21-20(17)22-26-16(13-29(22)23(25)27-21)11-14-5-3-2-4-6-14/h2-10,12-13H,11H2,1H3,(H2,25,27). The third kappa shape index (κ3) is 2.91. The van der Waals surface area contributed by atoms with Gasteiger partial charge in [0.25, 0.3) is 0 Å². The summed E-state index contributed by atoms with van der Waals surface area (Å²) < 4.78 is 17.8. The summed E-state index contributed by atoms with van der Waals surface area (Å²) in [4.78, 5) is 20.9. The zero-order valence-electron chi connectivity index (χ0n) is 16.2. The number of rotatable bonds is 3. The van der Waals surface area contributed by atoms with E-state index in [9.17, 15) is 9.18 Å². The lowest BCUT2D eigenvalue weighted by molar-refractivity contribution is 0.637. The fourth-order valence-electron chi connectivity index (χ4n) is 3.73. The second kappa shape index (κ2) is 6.81. The van der Waals surface area contributed by atoms with Crippen LogP contribution >= 0.6 is 0 Å². The molecule has 2 aromatic carbocycles. The Hall–Kier alpha value is -4.00. The molecule has 0 unspecified atom stereocenters. The molecule has 0 aliphatic heterocycles. The lowest BCUT2D eigenvalue weighted by atomic mass is 10.0. The van der Waals surface area contributed by atoms with Gasteiger partial charge in [0.1, 0.15) is 17.0 Å². The maximum Gasteiger partial charge on any atom is 0.250 e. The van der Waals surface area contributed by atoms with Gasteiger partial charge in [0.05, 0.1) is 11.1 Å². The van der Waals surface area contributed by atoms with E-state index in [1.54, 1.807) is 29.8 Å². The molecule has 3 aromatic heterocycles. The van der Waals surface area contributed by atoms with Gasteiger partial charge in [0, 0.05) is 31.9 Å². The lowest BCUT2D eigenvalue weighted by Gasteiger charge is -2.11. The van der Waals surface area contributed by atoms with Gasteiger partial charge in [0.2, 0.25) is 11.5 Å². The van der Waals surface area contributed by atoms with E-state index in [2.05, 4.69) is 4.98 Å². The summed E-state index contributed by atoms with van der Waals surface area (Å²) in [6, 6.07) is 16.2. The summed E-state index contributed by atoms with van der Waals surface area (Å²) in [5, 5.41) is 0.558. The number of pyridine rings is 1. The maximum absolute atomic E-state index is 14.7. The molecule has 2 N–H and O–H groups in total. The van der Waals surface area contributed by atoms with E-state index >= 15 is 0 Å². The fourth-order valence-corrected chi connectivity index (χ4v) is 3.73. The Labute approximate surface area is 171 Å². The van der Waals surface area contributed by atoms with Crippen molar-refractivity contribution in [1.29, 1.82) is 0 Å². The molecule has 7 heteroatoms. The average Bonchev–Trinajstić information content (AvgIpc) is 3.16. The van der Waals surface area contributed by atoms with Crippen molar-refractivity contribution in [2.24, 2.45) is 7.05 Å². The van der Waals surface area contributed by atoms with Gasteiger partial charge in [0.15, 0.2) is 0 Å². The number of benzene rings is 2. The molecule has 0 aliphatic rings. The predicted molar refractivity (Wildman–Crippen MR) is 115 cm³/mol. The molecule has 0 amide bonds. The van der Waals surface area contributed by atoms with Gasteiger partial charge in [-0.15, -0.1) is 0 Å².